The van der Waals surface area contributed by atoms with E-state index in [-0.39, 0.29) is 5.92 Å². The summed E-state index contributed by atoms with van der Waals surface area (Å²) in [4.78, 5) is 27.5. The highest BCUT2D eigenvalue weighted by atomic mass is 16.4. The Morgan fingerprint density at radius 1 is 1.07 bits per heavy atom. The molecule has 1 N–H and O–H groups in total. The fraction of sp³-hybridized carbons (Fsp3) is 0.524. The van der Waals surface area contributed by atoms with Gasteiger partial charge >= 0.3 is 5.97 Å². The van der Waals surface area contributed by atoms with E-state index in [9.17, 15) is 9.90 Å². The molecule has 6 nitrogen and oxygen atoms in total. The fourth-order valence-corrected chi connectivity index (χ4v) is 4.44. The molecule has 2 atom stereocenters. The van der Waals surface area contributed by atoms with Gasteiger partial charge in [0.05, 0.1) is 5.92 Å². The van der Waals surface area contributed by atoms with Gasteiger partial charge in [-0.05, 0) is 25.0 Å². The molecule has 0 amide bonds. The summed E-state index contributed by atoms with van der Waals surface area (Å²) in [5.74, 6) is 0.213. The first kappa shape index (κ1) is 18.0. The first-order chi connectivity index (χ1) is 13.2. The largest absolute Gasteiger partial charge is 0.481 e. The van der Waals surface area contributed by atoms with E-state index in [1.54, 1.807) is 6.20 Å². The summed E-state index contributed by atoms with van der Waals surface area (Å²) in [6.45, 7) is 1.90. The van der Waals surface area contributed by atoms with Gasteiger partial charge in [-0.25, -0.2) is 9.97 Å². The summed E-state index contributed by atoms with van der Waals surface area (Å²) in [5, 5.41) is 9.63. The number of hydrogen-bond donors (Lipinski definition) is 1. The molecule has 3 heterocycles. The molecule has 2 aliphatic rings. The number of hydrogen-bond acceptors (Lipinski definition) is 5. The predicted octanol–water partition coefficient (Wildman–Crippen LogP) is 3.22. The molecule has 1 saturated carbocycles. The predicted molar refractivity (Wildman–Crippen MR) is 101 cm³/mol. The molecule has 4 rings (SSSR count). The van der Waals surface area contributed by atoms with Gasteiger partial charge in [0.15, 0.2) is 0 Å². The van der Waals surface area contributed by atoms with Crippen molar-refractivity contribution in [1.82, 2.24) is 19.9 Å². The Morgan fingerprint density at radius 3 is 2.52 bits per heavy atom. The summed E-state index contributed by atoms with van der Waals surface area (Å²) in [6.07, 6.45) is 11.8. The van der Waals surface area contributed by atoms with Gasteiger partial charge < -0.3 is 5.11 Å². The first-order valence-electron chi connectivity index (χ1n) is 9.87. The maximum absolute atomic E-state index is 11.7. The summed E-state index contributed by atoms with van der Waals surface area (Å²) in [7, 11) is 0. The quantitative estimate of drug-likeness (QED) is 0.875. The Balaban J connectivity index is 1.42. The summed E-state index contributed by atoms with van der Waals surface area (Å²) in [5.41, 5.74) is 1.90. The lowest BCUT2D eigenvalue weighted by Gasteiger charge is -2.20. The SMILES string of the molecule is O=C(O)[C@@H]1CN(Cc2cnc(C3CCCCC3)nc2)C[C@H]1c1ccccn1. The number of aliphatic carboxylic acids is 1. The van der Waals surface area contributed by atoms with Crippen LogP contribution in [0.4, 0.5) is 0 Å². The van der Waals surface area contributed by atoms with E-state index in [1.807, 2.05) is 30.6 Å². The molecule has 2 fully saturated rings. The van der Waals surface area contributed by atoms with Crippen LogP contribution in [-0.4, -0.2) is 44.0 Å². The van der Waals surface area contributed by atoms with E-state index in [0.717, 1.165) is 17.1 Å². The molecule has 0 spiro atoms. The molecule has 0 unspecified atom stereocenters. The zero-order valence-electron chi connectivity index (χ0n) is 15.5. The molecule has 1 saturated heterocycles. The molecule has 0 radical (unpaired) electrons. The highest BCUT2D eigenvalue weighted by molar-refractivity contribution is 5.72. The van der Waals surface area contributed by atoms with Crippen LogP contribution in [-0.2, 0) is 11.3 Å². The van der Waals surface area contributed by atoms with Crippen LogP contribution >= 0.6 is 0 Å². The number of rotatable bonds is 5. The van der Waals surface area contributed by atoms with Gasteiger partial charge in [-0.1, -0.05) is 25.3 Å². The average Bonchev–Trinajstić information content (AvgIpc) is 3.14. The van der Waals surface area contributed by atoms with Gasteiger partial charge in [0.25, 0.3) is 0 Å². The average molecular weight is 366 g/mol. The molecule has 27 heavy (non-hydrogen) atoms. The summed E-state index contributed by atoms with van der Waals surface area (Å²) in [6, 6.07) is 5.70. The lowest BCUT2D eigenvalue weighted by Crippen LogP contribution is -2.23. The van der Waals surface area contributed by atoms with Gasteiger partial charge in [0, 0.05) is 61.3 Å². The number of carboxylic acid groups (broad SMARTS) is 1. The van der Waals surface area contributed by atoms with E-state index in [2.05, 4.69) is 19.9 Å². The van der Waals surface area contributed by atoms with Crippen molar-refractivity contribution >= 4 is 5.97 Å². The Morgan fingerprint density at radius 2 is 1.85 bits per heavy atom. The number of pyridine rings is 1. The molecule has 0 bridgehead atoms. The minimum Gasteiger partial charge on any atom is -0.481 e. The molecule has 6 heteroatoms. The standard InChI is InChI=1S/C21H26N4O2/c26-21(27)18-14-25(13-17(18)19-8-4-5-9-22-19)12-15-10-23-20(24-11-15)16-6-2-1-3-7-16/h4-5,8-11,16-18H,1-3,6-7,12-14H2,(H,26,27)/t17-,18-/m1/s1. The van der Waals surface area contributed by atoms with Crippen molar-refractivity contribution in [3.05, 3.63) is 53.9 Å². The number of carboxylic acids is 1. The molecular formula is C21H26N4O2. The lowest BCUT2D eigenvalue weighted by molar-refractivity contribution is -0.141. The zero-order chi connectivity index (χ0) is 18.6. The van der Waals surface area contributed by atoms with Crippen LogP contribution in [0, 0.1) is 5.92 Å². The molecule has 1 aliphatic carbocycles. The van der Waals surface area contributed by atoms with Crippen LogP contribution in [0.5, 0.6) is 0 Å². The maximum Gasteiger partial charge on any atom is 0.308 e. The number of likely N-dealkylation sites (tertiary alicyclic amines) is 1. The smallest absolute Gasteiger partial charge is 0.308 e. The van der Waals surface area contributed by atoms with Crippen molar-refractivity contribution < 1.29 is 9.90 Å². The molecule has 0 aromatic carbocycles. The van der Waals surface area contributed by atoms with Gasteiger partial charge in [-0.2, -0.15) is 0 Å². The van der Waals surface area contributed by atoms with E-state index >= 15 is 0 Å². The first-order valence-corrected chi connectivity index (χ1v) is 9.87. The molecule has 2 aromatic heterocycles. The molecule has 2 aromatic rings. The monoisotopic (exact) mass is 366 g/mol. The van der Waals surface area contributed by atoms with Crippen LogP contribution in [0.1, 0.15) is 61.0 Å². The molecular weight excluding hydrogens is 340 g/mol. The van der Waals surface area contributed by atoms with Crippen molar-refractivity contribution in [2.45, 2.75) is 50.5 Å². The zero-order valence-corrected chi connectivity index (χ0v) is 15.5. The van der Waals surface area contributed by atoms with E-state index < -0.39 is 11.9 Å². The van der Waals surface area contributed by atoms with Crippen molar-refractivity contribution in [3.8, 4) is 0 Å². The second-order valence-electron chi connectivity index (χ2n) is 7.78. The van der Waals surface area contributed by atoms with Crippen molar-refractivity contribution in [3.63, 3.8) is 0 Å². The van der Waals surface area contributed by atoms with Crippen LogP contribution in [0.3, 0.4) is 0 Å². The third-order valence-corrected chi connectivity index (χ3v) is 5.88. The van der Waals surface area contributed by atoms with Gasteiger partial charge in [0.1, 0.15) is 5.82 Å². The topological polar surface area (TPSA) is 79.2 Å². The van der Waals surface area contributed by atoms with Crippen LogP contribution < -0.4 is 0 Å². The van der Waals surface area contributed by atoms with Gasteiger partial charge in [-0.15, -0.1) is 0 Å². The van der Waals surface area contributed by atoms with Crippen molar-refractivity contribution in [2.24, 2.45) is 5.92 Å². The van der Waals surface area contributed by atoms with E-state index in [4.69, 9.17) is 0 Å². The molecule has 142 valence electrons. The van der Waals surface area contributed by atoms with Gasteiger partial charge in [-0.3, -0.25) is 14.7 Å². The third-order valence-electron chi connectivity index (χ3n) is 5.88. The van der Waals surface area contributed by atoms with Crippen LogP contribution in [0.2, 0.25) is 0 Å². The van der Waals surface area contributed by atoms with Crippen LogP contribution in [0.15, 0.2) is 36.8 Å². The summed E-state index contributed by atoms with van der Waals surface area (Å²) < 4.78 is 0. The van der Waals surface area contributed by atoms with Crippen molar-refractivity contribution in [1.29, 1.82) is 0 Å². The highest BCUT2D eigenvalue weighted by Crippen LogP contribution is 2.33. The second-order valence-corrected chi connectivity index (χ2v) is 7.78. The minimum absolute atomic E-state index is 0.0777. The summed E-state index contributed by atoms with van der Waals surface area (Å²) >= 11 is 0. The maximum atomic E-state index is 11.7. The van der Waals surface area contributed by atoms with E-state index in [0.29, 0.717) is 25.6 Å². The molecule has 1 aliphatic heterocycles. The van der Waals surface area contributed by atoms with Crippen molar-refractivity contribution in [2.75, 3.05) is 13.1 Å². The van der Waals surface area contributed by atoms with Gasteiger partial charge in [0.2, 0.25) is 0 Å². The van der Waals surface area contributed by atoms with Crippen LogP contribution in [0.25, 0.3) is 0 Å². The Bertz CT molecular complexity index is 760. The van der Waals surface area contributed by atoms with E-state index in [1.165, 1.54) is 32.1 Å². The number of nitrogens with zero attached hydrogens (tertiary/aromatic N) is 4. The Kier molecular flexibility index (Phi) is 5.43. The highest BCUT2D eigenvalue weighted by Gasteiger charge is 2.39. The Hall–Kier alpha value is -2.34. The number of aromatic nitrogens is 3. The number of carbonyl (C=O) groups is 1. The lowest BCUT2D eigenvalue weighted by atomic mass is 9.89. The minimum atomic E-state index is -0.753. The third kappa shape index (κ3) is 4.16. The normalized spacial score (nSPS) is 24.1. The second kappa shape index (κ2) is 8.13. The Labute approximate surface area is 159 Å². The fourth-order valence-electron chi connectivity index (χ4n) is 4.44.